The van der Waals surface area contributed by atoms with Crippen LogP contribution in [-0.2, 0) is 16.0 Å². The lowest BCUT2D eigenvalue weighted by Crippen LogP contribution is -2.46. The van der Waals surface area contributed by atoms with Crippen molar-refractivity contribution in [1.29, 1.82) is 0 Å². The Bertz CT molecular complexity index is 414. The minimum atomic E-state index is -1.05. The summed E-state index contributed by atoms with van der Waals surface area (Å²) in [6, 6.07) is -0.509. The first-order valence-corrected chi connectivity index (χ1v) is 5.88. The van der Waals surface area contributed by atoms with Gasteiger partial charge in [0.15, 0.2) is 0 Å². The Labute approximate surface area is 104 Å². The third-order valence-corrected chi connectivity index (χ3v) is 2.74. The van der Waals surface area contributed by atoms with Crippen LogP contribution in [0.15, 0.2) is 12.5 Å². The third-order valence-electron chi connectivity index (χ3n) is 2.74. The van der Waals surface area contributed by atoms with Crippen molar-refractivity contribution in [3.05, 3.63) is 18.2 Å². The predicted octanol–water partition coefficient (Wildman–Crippen LogP) is -0.726. The van der Waals surface area contributed by atoms with Gasteiger partial charge in [-0.05, 0) is 12.8 Å². The molecule has 1 aromatic heterocycles. The molecule has 1 amide bonds. The molecule has 0 bridgehead atoms. The van der Waals surface area contributed by atoms with E-state index in [1.165, 1.54) is 6.33 Å². The van der Waals surface area contributed by atoms with Crippen molar-refractivity contribution >= 4 is 11.9 Å². The summed E-state index contributed by atoms with van der Waals surface area (Å²) in [6.45, 7) is 0.164. The fourth-order valence-electron chi connectivity index (χ4n) is 1.59. The molecule has 1 fully saturated rings. The Morgan fingerprint density at radius 1 is 1.56 bits per heavy atom. The molecule has 1 aromatic rings. The van der Waals surface area contributed by atoms with E-state index in [0.29, 0.717) is 11.7 Å². The minimum Gasteiger partial charge on any atom is -0.480 e. The number of aliphatic carboxylic acids is 1. The lowest BCUT2D eigenvalue weighted by atomic mass is 10.1. The SMILES string of the molecule is O=C(CNC1CC1)NC(Cc1cnc[nH]1)C(=O)O. The standard InChI is InChI=1S/C11H16N4O3/c16-10(5-13-7-1-2-7)15-9(11(17)18)3-8-4-12-6-14-8/h4,6-7,9,13H,1-3,5H2,(H,12,14)(H,15,16)(H,17,18). The second kappa shape index (κ2) is 5.63. The fourth-order valence-corrected chi connectivity index (χ4v) is 1.59. The first-order valence-electron chi connectivity index (χ1n) is 5.88. The van der Waals surface area contributed by atoms with Crippen molar-refractivity contribution < 1.29 is 14.7 Å². The van der Waals surface area contributed by atoms with Crippen LogP contribution in [-0.4, -0.2) is 45.6 Å². The van der Waals surface area contributed by atoms with Crippen molar-refractivity contribution in [1.82, 2.24) is 20.6 Å². The van der Waals surface area contributed by atoms with Gasteiger partial charge in [0.05, 0.1) is 12.9 Å². The maximum Gasteiger partial charge on any atom is 0.326 e. The van der Waals surface area contributed by atoms with E-state index in [4.69, 9.17) is 5.11 Å². The van der Waals surface area contributed by atoms with E-state index in [-0.39, 0.29) is 18.9 Å². The molecule has 0 spiro atoms. The van der Waals surface area contributed by atoms with E-state index in [1.54, 1.807) is 6.20 Å². The molecule has 0 saturated heterocycles. The molecule has 1 aliphatic carbocycles. The maximum atomic E-state index is 11.6. The summed E-state index contributed by atoms with van der Waals surface area (Å²) in [4.78, 5) is 29.2. The van der Waals surface area contributed by atoms with Crippen molar-refractivity contribution in [3.63, 3.8) is 0 Å². The van der Waals surface area contributed by atoms with Gasteiger partial charge in [-0.2, -0.15) is 0 Å². The number of H-pyrrole nitrogens is 1. The average Bonchev–Trinajstić information content (AvgIpc) is 3.02. The number of amides is 1. The molecule has 1 saturated carbocycles. The van der Waals surface area contributed by atoms with Gasteiger partial charge in [0, 0.05) is 24.4 Å². The van der Waals surface area contributed by atoms with E-state index < -0.39 is 12.0 Å². The highest BCUT2D eigenvalue weighted by Gasteiger charge is 2.24. The molecule has 4 N–H and O–H groups in total. The third kappa shape index (κ3) is 3.85. The zero-order chi connectivity index (χ0) is 13.0. The molecular weight excluding hydrogens is 236 g/mol. The number of hydrogen-bond donors (Lipinski definition) is 4. The number of carboxylic acid groups (broad SMARTS) is 1. The molecule has 0 aromatic carbocycles. The molecule has 2 rings (SSSR count). The first kappa shape index (κ1) is 12.6. The van der Waals surface area contributed by atoms with Crippen LogP contribution in [0.25, 0.3) is 0 Å². The van der Waals surface area contributed by atoms with Gasteiger partial charge in [0.1, 0.15) is 6.04 Å². The number of aromatic nitrogens is 2. The summed E-state index contributed by atoms with van der Waals surface area (Å²) in [5, 5.41) is 14.6. The van der Waals surface area contributed by atoms with Crippen molar-refractivity contribution in [2.45, 2.75) is 31.3 Å². The van der Waals surface area contributed by atoms with Gasteiger partial charge in [0.2, 0.25) is 5.91 Å². The summed E-state index contributed by atoms with van der Waals surface area (Å²) in [5.74, 6) is -1.35. The van der Waals surface area contributed by atoms with Gasteiger partial charge in [-0.1, -0.05) is 0 Å². The van der Waals surface area contributed by atoms with Gasteiger partial charge in [0.25, 0.3) is 0 Å². The highest BCUT2D eigenvalue weighted by Crippen LogP contribution is 2.17. The molecule has 1 atom stereocenters. The highest BCUT2D eigenvalue weighted by molar-refractivity contribution is 5.84. The largest absolute Gasteiger partial charge is 0.480 e. The van der Waals surface area contributed by atoms with Crippen LogP contribution in [0.2, 0.25) is 0 Å². The first-order chi connectivity index (χ1) is 8.65. The van der Waals surface area contributed by atoms with E-state index >= 15 is 0 Å². The van der Waals surface area contributed by atoms with Crippen LogP contribution in [0, 0.1) is 0 Å². The average molecular weight is 252 g/mol. The minimum absolute atomic E-state index is 0.164. The number of nitrogens with zero attached hydrogens (tertiary/aromatic N) is 1. The molecule has 7 heteroatoms. The van der Waals surface area contributed by atoms with Crippen molar-refractivity contribution in [2.24, 2.45) is 0 Å². The normalized spacial score (nSPS) is 16.2. The molecule has 1 unspecified atom stereocenters. The molecule has 1 aliphatic rings. The molecule has 18 heavy (non-hydrogen) atoms. The summed E-state index contributed by atoms with van der Waals surface area (Å²) in [6.07, 6.45) is 5.40. The number of imidazole rings is 1. The Balaban J connectivity index is 1.81. The second-order valence-electron chi connectivity index (χ2n) is 4.39. The monoisotopic (exact) mass is 252 g/mol. The van der Waals surface area contributed by atoms with E-state index in [2.05, 4.69) is 20.6 Å². The van der Waals surface area contributed by atoms with Crippen LogP contribution in [0.5, 0.6) is 0 Å². The number of aromatic amines is 1. The molecule has 0 radical (unpaired) electrons. The van der Waals surface area contributed by atoms with Gasteiger partial charge < -0.3 is 20.7 Å². The molecule has 0 aliphatic heterocycles. The van der Waals surface area contributed by atoms with Crippen LogP contribution in [0.3, 0.4) is 0 Å². The highest BCUT2D eigenvalue weighted by atomic mass is 16.4. The molecule has 1 heterocycles. The number of carbonyl (C=O) groups is 2. The van der Waals surface area contributed by atoms with E-state index in [1.807, 2.05) is 0 Å². The Kier molecular flexibility index (Phi) is 3.93. The quantitative estimate of drug-likeness (QED) is 0.512. The Morgan fingerprint density at radius 2 is 2.33 bits per heavy atom. The Hall–Kier alpha value is -1.89. The predicted molar refractivity (Wildman–Crippen MR) is 62.9 cm³/mol. The van der Waals surface area contributed by atoms with Crippen molar-refractivity contribution in [3.8, 4) is 0 Å². The number of hydrogen-bond acceptors (Lipinski definition) is 4. The van der Waals surface area contributed by atoms with E-state index in [0.717, 1.165) is 12.8 Å². The Morgan fingerprint density at radius 3 is 2.89 bits per heavy atom. The second-order valence-corrected chi connectivity index (χ2v) is 4.39. The summed E-state index contributed by atoms with van der Waals surface area (Å²) < 4.78 is 0. The van der Waals surface area contributed by atoms with Gasteiger partial charge in [-0.25, -0.2) is 9.78 Å². The zero-order valence-corrected chi connectivity index (χ0v) is 9.85. The van der Waals surface area contributed by atoms with Crippen LogP contribution in [0.1, 0.15) is 18.5 Å². The molecule has 7 nitrogen and oxygen atoms in total. The topological polar surface area (TPSA) is 107 Å². The van der Waals surface area contributed by atoms with Gasteiger partial charge >= 0.3 is 5.97 Å². The zero-order valence-electron chi connectivity index (χ0n) is 9.85. The maximum absolute atomic E-state index is 11.6. The summed E-state index contributed by atoms with van der Waals surface area (Å²) >= 11 is 0. The number of nitrogens with one attached hydrogen (secondary N) is 3. The van der Waals surface area contributed by atoms with Gasteiger partial charge in [-0.3, -0.25) is 4.79 Å². The van der Waals surface area contributed by atoms with Crippen LogP contribution < -0.4 is 10.6 Å². The van der Waals surface area contributed by atoms with Crippen LogP contribution >= 0.6 is 0 Å². The number of carboxylic acids is 1. The summed E-state index contributed by atoms with van der Waals surface area (Å²) in [7, 11) is 0. The lowest BCUT2D eigenvalue weighted by Gasteiger charge is -2.13. The lowest BCUT2D eigenvalue weighted by molar-refractivity contribution is -0.141. The van der Waals surface area contributed by atoms with E-state index in [9.17, 15) is 9.59 Å². The summed E-state index contributed by atoms with van der Waals surface area (Å²) in [5.41, 5.74) is 0.679. The van der Waals surface area contributed by atoms with Crippen LogP contribution in [0.4, 0.5) is 0 Å². The number of rotatable bonds is 7. The molecular formula is C11H16N4O3. The van der Waals surface area contributed by atoms with Crippen molar-refractivity contribution in [2.75, 3.05) is 6.54 Å². The molecule has 98 valence electrons. The smallest absolute Gasteiger partial charge is 0.326 e. The fraction of sp³-hybridized carbons (Fsp3) is 0.545. The number of carbonyl (C=O) groups excluding carboxylic acids is 1. The van der Waals surface area contributed by atoms with Gasteiger partial charge in [-0.15, -0.1) is 0 Å².